The van der Waals surface area contributed by atoms with Crippen LogP contribution in [-0.4, -0.2) is 12.1 Å². The van der Waals surface area contributed by atoms with E-state index in [0.29, 0.717) is 0 Å². The maximum Gasteiger partial charge on any atom is 0.145 e. The van der Waals surface area contributed by atoms with E-state index >= 15 is 0 Å². The first-order valence-electron chi connectivity index (χ1n) is 8.49. The molecule has 23 heavy (non-hydrogen) atoms. The maximum absolute atomic E-state index is 6.39. The second-order valence-corrected chi connectivity index (χ2v) is 6.40. The Morgan fingerprint density at radius 3 is 2.43 bits per heavy atom. The molecule has 3 heteroatoms. The van der Waals surface area contributed by atoms with Gasteiger partial charge in [0.1, 0.15) is 17.0 Å². The molecule has 122 valence electrons. The molecule has 0 bridgehead atoms. The maximum atomic E-state index is 6.39. The number of rotatable bonds is 4. The van der Waals surface area contributed by atoms with Crippen molar-refractivity contribution >= 4 is 11.4 Å². The third kappa shape index (κ3) is 2.76. The molecule has 3 rings (SSSR count). The van der Waals surface area contributed by atoms with Crippen LogP contribution in [0.2, 0.25) is 0 Å². The molecule has 3 nitrogen and oxygen atoms in total. The van der Waals surface area contributed by atoms with Gasteiger partial charge < -0.3 is 15.4 Å². The third-order valence-electron chi connectivity index (χ3n) is 5.14. The lowest BCUT2D eigenvalue weighted by molar-refractivity contribution is 0.0553. The van der Waals surface area contributed by atoms with Crippen molar-refractivity contribution in [2.45, 2.75) is 45.3 Å². The highest BCUT2D eigenvalue weighted by Gasteiger charge is 2.39. The summed E-state index contributed by atoms with van der Waals surface area (Å²) >= 11 is 0. The quantitative estimate of drug-likeness (QED) is 0.825. The first-order chi connectivity index (χ1) is 11.1. The van der Waals surface area contributed by atoms with Crippen LogP contribution in [-0.2, 0) is 0 Å². The molecule has 1 unspecified atom stereocenters. The molecule has 0 aliphatic carbocycles. The Hall–Kier alpha value is -2.16. The van der Waals surface area contributed by atoms with Crippen LogP contribution in [0.4, 0.5) is 11.4 Å². The Morgan fingerprint density at radius 1 is 1.09 bits per heavy atom. The molecule has 1 heterocycles. The van der Waals surface area contributed by atoms with E-state index in [9.17, 15) is 0 Å². The van der Waals surface area contributed by atoms with Crippen LogP contribution in [0, 0.1) is 0 Å². The van der Waals surface area contributed by atoms with Crippen LogP contribution in [0.15, 0.2) is 48.5 Å². The summed E-state index contributed by atoms with van der Waals surface area (Å²) in [5.41, 5.74) is 9.26. The molecule has 1 atom stereocenters. The first-order valence-corrected chi connectivity index (χ1v) is 8.49. The number of nitrogens with zero attached hydrogens (tertiary/aromatic N) is 1. The lowest BCUT2D eigenvalue weighted by Crippen LogP contribution is -2.51. The van der Waals surface area contributed by atoms with Crippen molar-refractivity contribution < 1.29 is 4.74 Å². The van der Waals surface area contributed by atoms with Gasteiger partial charge in [-0.05, 0) is 37.5 Å². The van der Waals surface area contributed by atoms with Crippen molar-refractivity contribution in [2.24, 2.45) is 0 Å². The fourth-order valence-corrected chi connectivity index (χ4v) is 3.44. The Kier molecular flexibility index (Phi) is 4.20. The third-order valence-corrected chi connectivity index (χ3v) is 5.14. The van der Waals surface area contributed by atoms with Crippen molar-refractivity contribution in [1.29, 1.82) is 0 Å². The minimum Gasteiger partial charge on any atom is -0.483 e. The first kappa shape index (κ1) is 15.7. The number of nitrogens with two attached hydrogens (primary N) is 1. The number of fused-ring (bicyclic) bond motifs is 1. The van der Waals surface area contributed by atoms with Gasteiger partial charge >= 0.3 is 0 Å². The standard InChI is InChI=1S/C20H26N2O/c1-4-20(5-2)14-22(15(3)16-10-7-6-8-11-16)19-17(21)12-9-13-18(19)23-20/h6-13,15H,4-5,14,21H2,1-3H3. The molecule has 0 saturated carbocycles. The lowest BCUT2D eigenvalue weighted by Gasteiger charge is -2.47. The largest absolute Gasteiger partial charge is 0.483 e. The molecular formula is C20H26N2O. The zero-order valence-corrected chi connectivity index (χ0v) is 14.3. The van der Waals surface area contributed by atoms with Gasteiger partial charge in [0.15, 0.2) is 0 Å². The van der Waals surface area contributed by atoms with E-state index in [0.717, 1.165) is 36.5 Å². The summed E-state index contributed by atoms with van der Waals surface area (Å²) in [7, 11) is 0. The SMILES string of the molecule is CCC1(CC)CN(C(C)c2ccccc2)c2c(N)cccc2O1. The molecule has 2 aromatic carbocycles. The molecule has 2 N–H and O–H groups in total. The van der Waals surface area contributed by atoms with E-state index in [1.54, 1.807) is 0 Å². The summed E-state index contributed by atoms with van der Waals surface area (Å²) in [6.45, 7) is 7.50. The number of hydrogen-bond donors (Lipinski definition) is 1. The smallest absolute Gasteiger partial charge is 0.145 e. The van der Waals surface area contributed by atoms with Crippen molar-refractivity contribution in [3.8, 4) is 5.75 Å². The number of para-hydroxylation sites is 1. The van der Waals surface area contributed by atoms with Crippen LogP contribution in [0.25, 0.3) is 0 Å². The highest BCUT2D eigenvalue weighted by molar-refractivity contribution is 5.76. The van der Waals surface area contributed by atoms with Gasteiger partial charge in [-0.15, -0.1) is 0 Å². The van der Waals surface area contributed by atoms with Crippen molar-refractivity contribution in [1.82, 2.24) is 0 Å². The van der Waals surface area contributed by atoms with Crippen molar-refractivity contribution in [3.05, 3.63) is 54.1 Å². The zero-order valence-electron chi connectivity index (χ0n) is 14.3. The zero-order chi connectivity index (χ0) is 16.4. The van der Waals surface area contributed by atoms with Gasteiger partial charge in [0.2, 0.25) is 0 Å². The van der Waals surface area contributed by atoms with Crippen molar-refractivity contribution in [3.63, 3.8) is 0 Å². The van der Waals surface area contributed by atoms with Crippen molar-refractivity contribution in [2.75, 3.05) is 17.2 Å². The Labute approximate surface area is 139 Å². The number of nitrogen functional groups attached to an aromatic ring is 1. The molecular weight excluding hydrogens is 284 g/mol. The minimum atomic E-state index is -0.149. The predicted molar refractivity (Wildman–Crippen MR) is 97.0 cm³/mol. The molecule has 0 radical (unpaired) electrons. The van der Waals surface area contributed by atoms with Gasteiger partial charge in [-0.2, -0.15) is 0 Å². The van der Waals surface area contributed by atoms with E-state index in [2.05, 4.69) is 56.0 Å². The monoisotopic (exact) mass is 310 g/mol. The van der Waals surface area contributed by atoms with E-state index in [4.69, 9.17) is 10.5 Å². The summed E-state index contributed by atoms with van der Waals surface area (Å²) in [5, 5.41) is 0. The Balaban J connectivity index is 2.08. The second-order valence-electron chi connectivity index (χ2n) is 6.40. The molecule has 0 fully saturated rings. The number of anilines is 2. The van der Waals surface area contributed by atoms with Gasteiger partial charge in [-0.25, -0.2) is 0 Å². The normalized spacial score (nSPS) is 17.3. The van der Waals surface area contributed by atoms with Gasteiger partial charge in [-0.1, -0.05) is 50.2 Å². The molecule has 2 aromatic rings. The average molecular weight is 310 g/mol. The summed E-state index contributed by atoms with van der Waals surface area (Å²) < 4.78 is 6.39. The fourth-order valence-electron chi connectivity index (χ4n) is 3.44. The summed E-state index contributed by atoms with van der Waals surface area (Å²) in [5.74, 6) is 0.905. The fraction of sp³-hybridized carbons (Fsp3) is 0.400. The second kappa shape index (κ2) is 6.15. The van der Waals surface area contributed by atoms with Crippen LogP contribution >= 0.6 is 0 Å². The van der Waals surface area contributed by atoms with Crippen LogP contribution < -0.4 is 15.4 Å². The van der Waals surface area contributed by atoms with Gasteiger partial charge in [0.25, 0.3) is 0 Å². The molecule has 1 aliphatic heterocycles. The summed E-state index contributed by atoms with van der Waals surface area (Å²) in [4.78, 5) is 2.41. The summed E-state index contributed by atoms with van der Waals surface area (Å²) in [6, 6.07) is 16.8. The van der Waals surface area contributed by atoms with Gasteiger partial charge in [-0.3, -0.25) is 0 Å². The molecule has 1 aliphatic rings. The van der Waals surface area contributed by atoms with Crippen LogP contribution in [0.5, 0.6) is 5.75 Å². The average Bonchev–Trinajstić information content (AvgIpc) is 2.61. The lowest BCUT2D eigenvalue weighted by atomic mass is 9.92. The predicted octanol–water partition coefficient (Wildman–Crippen LogP) is 4.79. The highest BCUT2D eigenvalue weighted by atomic mass is 16.5. The van der Waals surface area contributed by atoms with E-state index in [1.165, 1.54) is 5.56 Å². The van der Waals surface area contributed by atoms with E-state index in [1.807, 2.05) is 18.2 Å². The number of ether oxygens (including phenoxy) is 1. The van der Waals surface area contributed by atoms with Crippen LogP contribution in [0.3, 0.4) is 0 Å². The minimum absolute atomic E-state index is 0.149. The Morgan fingerprint density at radius 2 is 1.78 bits per heavy atom. The highest BCUT2D eigenvalue weighted by Crippen LogP contribution is 2.46. The van der Waals surface area contributed by atoms with Crippen LogP contribution in [0.1, 0.15) is 45.2 Å². The van der Waals surface area contributed by atoms with E-state index < -0.39 is 0 Å². The van der Waals surface area contributed by atoms with Gasteiger partial charge in [0.05, 0.1) is 18.3 Å². The topological polar surface area (TPSA) is 38.5 Å². The van der Waals surface area contributed by atoms with Gasteiger partial charge in [0, 0.05) is 0 Å². The molecule has 0 aromatic heterocycles. The number of benzene rings is 2. The Bertz CT molecular complexity index is 665. The molecule has 0 amide bonds. The van der Waals surface area contributed by atoms with E-state index in [-0.39, 0.29) is 11.6 Å². The molecule has 0 spiro atoms. The number of hydrogen-bond acceptors (Lipinski definition) is 3. The summed E-state index contributed by atoms with van der Waals surface area (Å²) in [6.07, 6.45) is 1.96. The molecule has 0 saturated heterocycles.